The zero-order valence-corrected chi connectivity index (χ0v) is 13.2. The lowest BCUT2D eigenvalue weighted by Gasteiger charge is -2.26. The van der Waals surface area contributed by atoms with Crippen molar-refractivity contribution in [1.82, 2.24) is 15.1 Å². The van der Waals surface area contributed by atoms with Crippen LogP contribution in [0.1, 0.15) is 35.2 Å². The number of nitrogens with one attached hydrogen (secondary N) is 1. The van der Waals surface area contributed by atoms with Crippen LogP contribution >= 0.6 is 0 Å². The summed E-state index contributed by atoms with van der Waals surface area (Å²) in [6.07, 6.45) is 3.50. The third kappa shape index (κ3) is 3.40. The molecule has 1 fully saturated rings. The Morgan fingerprint density at radius 1 is 1.14 bits per heavy atom. The van der Waals surface area contributed by atoms with E-state index in [4.69, 9.17) is 0 Å². The second-order valence-corrected chi connectivity index (χ2v) is 6.03. The molecule has 1 N–H and O–H groups in total. The number of hydrogen-bond acceptors (Lipinski definition) is 4. The van der Waals surface area contributed by atoms with Gasteiger partial charge in [0.2, 0.25) is 0 Å². The van der Waals surface area contributed by atoms with Gasteiger partial charge in [-0.3, -0.25) is 9.79 Å². The fraction of sp³-hybridized carbons (Fsp3) is 0.529. The van der Waals surface area contributed by atoms with Gasteiger partial charge in [0.25, 0.3) is 5.91 Å². The van der Waals surface area contributed by atoms with Gasteiger partial charge < -0.3 is 15.1 Å². The highest BCUT2D eigenvalue weighted by Crippen LogP contribution is 2.14. The molecule has 0 aliphatic carbocycles. The fourth-order valence-electron chi connectivity index (χ4n) is 2.95. The van der Waals surface area contributed by atoms with Gasteiger partial charge in [-0.15, -0.1) is 0 Å². The summed E-state index contributed by atoms with van der Waals surface area (Å²) in [5.41, 5.74) is 1.96. The summed E-state index contributed by atoms with van der Waals surface area (Å²) < 4.78 is 0. The fourth-order valence-corrected chi connectivity index (χ4v) is 2.95. The van der Waals surface area contributed by atoms with Crippen molar-refractivity contribution in [2.75, 3.05) is 33.2 Å². The largest absolute Gasteiger partial charge is 0.352 e. The van der Waals surface area contributed by atoms with Gasteiger partial charge in [-0.1, -0.05) is 12.1 Å². The van der Waals surface area contributed by atoms with Crippen LogP contribution in [-0.4, -0.2) is 54.9 Å². The van der Waals surface area contributed by atoms with E-state index in [1.807, 2.05) is 36.2 Å². The zero-order chi connectivity index (χ0) is 15.4. The number of carbonyl (C=O) groups is 1. The van der Waals surface area contributed by atoms with E-state index in [2.05, 4.69) is 15.2 Å². The average Bonchev–Trinajstić information content (AvgIpc) is 2.99. The minimum Gasteiger partial charge on any atom is -0.352 e. The van der Waals surface area contributed by atoms with Gasteiger partial charge in [-0.2, -0.15) is 0 Å². The van der Waals surface area contributed by atoms with E-state index in [0.29, 0.717) is 0 Å². The van der Waals surface area contributed by atoms with E-state index < -0.39 is 0 Å². The van der Waals surface area contributed by atoms with Crippen molar-refractivity contribution in [3.05, 3.63) is 35.4 Å². The van der Waals surface area contributed by atoms with Crippen molar-refractivity contribution in [2.24, 2.45) is 4.99 Å². The maximum atomic E-state index is 12.4. The molecule has 0 radical (unpaired) electrons. The van der Waals surface area contributed by atoms with Crippen molar-refractivity contribution in [1.29, 1.82) is 0 Å². The number of nitrogens with zero attached hydrogens (tertiary/aromatic N) is 3. The maximum absolute atomic E-state index is 12.4. The molecule has 22 heavy (non-hydrogen) atoms. The molecule has 2 aliphatic heterocycles. The van der Waals surface area contributed by atoms with Crippen LogP contribution in [0.3, 0.4) is 0 Å². The van der Waals surface area contributed by atoms with Crippen molar-refractivity contribution >= 4 is 11.9 Å². The normalized spacial score (nSPS) is 18.3. The molecule has 0 aromatic heterocycles. The number of amides is 1. The zero-order valence-electron chi connectivity index (χ0n) is 13.2. The summed E-state index contributed by atoms with van der Waals surface area (Å²) in [4.78, 5) is 20.9. The minimum absolute atomic E-state index is 0.166. The van der Waals surface area contributed by atoms with Gasteiger partial charge >= 0.3 is 0 Å². The molecule has 1 amide bonds. The van der Waals surface area contributed by atoms with Crippen LogP contribution in [0.5, 0.6) is 0 Å². The molecule has 2 aliphatic rings. The molecule has 5 heteroatoms. The van der Waals surface area contributed by atoms with Crippen LogP contribution in [0.2, 0.25) is 0 Å². The number of rotatable bonds is 3. The molecule has 0 bridgehead atoms. The first kappa shape index (κ1) is 14.9. The number of carbonyl (C=O) groups excluding carboxylic acids is 1. The quantitative estimate of drug-likeness (QED) is 0.924. The average molecular weight is 300 g/mol. The SMILES string of the molecule is CN1CCN=C1NCc1ccc(C(=O)N2CCCCC2)cc1. The summed E-state index contributed by atoms with van der Waals surface area (Å²) >= 11 is 0. The number of hydrogen-bond donors (Lipinski definition) is 1. The molecular weight excluding hydrogens is 276 g/mol. The summed E-state index contributed by atoms with van der Waals surface area (Å²) in [6.45, 7) is 4.37. The summed E-state index contributed by atoms with van der Waals surface area (Å²) in [5.74, 6) is 1.12. The molecule has 5 nitrogen and oxygen atoms in total. The number of likely N-dealkylation sites (tertiary alicyclic amines) is 1. The van der Waals surface area contributed by atoms with Gasteiger partial charge in [-0.25, -0.2) is 0 Å². The Bertz CT molecular complexity index is 546. The molecule has 1 aromatic carbocycles. The Kier molecular flexibility index (Phi) is 4.61. The summed E-state index contributed by atoms with van der Waals surface area (Å²) in [7, 11) is 2.04. The maximum Gasteiger partial charge on any atom is 0.253 e. The molecule has 3 rings (SSSR count). The van der Waals surface area contributed by atoms with Crippen LogP contribution in [0.25, 0.3) is 0 Å². The van der Waals surface area contributed by atoms with Gasteiger partial charge in [0, 0.05) is 38.8 Å². The molecule has 2 heterocycles. The molecule has 1 saturated heterocycles. The van der Waals surface area contributed by atoms with Crippen LogP contribution in [0, 0.1) is 0 Å². The Hall–Kier alpha value is -2.04. The third-order valence-electron chi connectivity index (χ3n) is 4.35. The second-order valence-electron chi connectivity index (χ2n) is 6.03. The highest BCUT2D eigenvalue weighted by atomic mass is 16.2. The number of likely N-dealkylation sites (N-methyl/N-ethyl adjacent to an activating group) is 1. The Morgan fingerprint density at radius 2 is 1.86 bits per heavy atom. The van der Waals surface area contributed by atoms with E-state index in [9.17, 15) is 4.79 Å². The standard InChI is InChI=1S/C17H24N4O/c1-20-12-9-18-17(20)19-13-14-5-7-15(8-6-14)16(22)21-10-3-2-4-11-21/h5-8H,2-4,9-13H2,1H3,(H,18,19). The highest BCUT2D eigenvalue weighted by Gasteiger charge is 2.18. The van der Waals surface area contributed by atoms with Crippen molar-refractivity contribution in [3.63, 3.8) is 0 Å². The first-order valence-corrected chi connectivity index (χ1v) is 8.12. The lowest BCUT2D eigenvalue weighted by molar-refractivity contribution is 0.0724. The van der Waals surface area contributed by atoms with Crippen molar-refractivity contribution in [2.45, 2.75) is 25.8 Å². The molecular formula is C17H24N4O. The number of aliphatic imine (C=N–C) groups is 1. The van der Waals surface area contributed by atoms with Crippen LogP contribution in [0.4, 0.5) is 0 Å². The van der Waals surface area contributed by atoms with Gasteiger partial charge in [0.15, 0.2) is 5.96 Å². The van der Waals surface area contributed by atoms with E-state index in [1.54, 1.807) is 0 Å². The van der Waals surface area contributed by atoms with E-state index in [1.165, 1.54) is 6.42 Å². The van der Waals surface area contributed by atoms with E-state index >= 15 is 0 Å². The topological polar surface area (TPSA) is 47.9 Å². The predicted molar refractivity (Wildman–Crippen MR) is 88.0 cm³/mol. The predicted octanol–water partition coefficient (Wildman–Crippen LogP) is 1.70. The Labute approximate surface area is 132 Å². The lowest BCUT2D eigenvalue weighted by atomic mass is 10.1. The first-order valence-electron chi connectivity index (χ1n) is 8.12. The summed E-state index contributed by atoms with van der Waals surface area (Å²) in [5, 5.41) is 3.34. The molecule has 0 unspecified atom stereocenters. The molecule has 0 saturated carbocycles. The van der Waals surface area contributed by atoms with Crippen LogP contribution < -0.4 is 5.32 Å². The Balaban J connectivity index is 1.56. The monoisotopic (exact) mass is 300 g/mol. The van der Waals surface area contributed by atoms with Crippen LogP contribution in [-0.2, 0) is 6.54 Å². The molecule has 0 spiro atoms. The number of guanidine groups is 1. The molecule has 0 atom stereocenters. The number of benzene rings is 1. The van der Waals surface area contributed by atoms with E-state index in [-0.39, 0.29) is 5.91 Å². The van der Waals surface area contributed by atoms with Gasteiger partial charge in [0.1, 0.15) is 0 Å². The summed E-state index contributed by atoms with van der Waals surface area (Å²) in [6, 6.07) is 7.93. The molecule has 118 valence electrons. The second kappa shape index (κ2) is 6.81. The minimum atomic E-state index is 0.166. The van der Waals surface area contributed by atoms with Gasteiger partial charge in [0.05, 0.1) is 6.54 Å². The van der Waals surface area contributed by atoms with Crippen molar-refractivity contribution < 1.29 is 4.79 Å². The van der Waals surface area contributed by atoms with E-state index in [0.717, 1.165) is 62.7 Å². The highest BCUT2D eigenvalue weighted by molar-refractivity contribution is 5.94. The Morgan fingerprint density at radius 3 is 2.50 bits per heavy atom. The third-order valence-corrected chi connectivity index (χ3v) is 4.35. The van der Waals surface area contributed by atoms with Crippen molar-refractivity contribution in [3.8, 4) is 0 Å². The molecule has 1 aromatic rings. The van der Waals surface area contributed by atoms with Crippen LogP contribution in [0.15, 0.2) is 29.3 Å². The first-order chi connectivity index (χ1) is 10.7. The smallest absolute Gasteiger partial charge is 0.253 e. The lowest BCUT2D eigenvalue weighted by Crippen LogP contribution is -2.35. The van der Waals surface area contributed by atoms with Gasteiger partial charge in [-0.05, 0) is 37.0 Å². The number of piperidine rings is 1.